The third-order valence-electron chi connectivity index (χ3n) is 2.08. The van der Waals surface area contributed by atoms with Crippen LogP contribution in [0, 0.1) is 0 Å². The van der Waals surface area contributed by atoms with Crippen LogP contribution in [0.4, 0.5) is 0 Å². The van der Waals surface area contributed by atoms with Gasteiger partial charge in [0, 0.05) is 21.1 Å². The van der Waals surface area contributed by atoms with Gasteiger partial charge in [0.25, 0.3) is 5.91 Å². The monoisotopic (exact) mass is 218 g/mol. The summed E-state index contributed by atoms with van der Waals surface area (Å²) in [6.07, 6.45) is 0. The van der Waals surface area contributed by atoms with Crippen molar-refractivity contribution in [1.29, 1.82) is 0 Å². The second kappa shape index (κ2) is 6.36. The molecule has 88 valence electrons. The highest BCUT2D eigenvalue weighted by molar-refractivity contribution is 5.85. The number of carbonyl (C=O) groups excluding carboxylic acids is 2. The number of rotatable bonds is 5. The van der Waals surface area contributed by atoms with E-state index in [1.807, 2.05) is 0 Å². The zero-order valence-electron chi connectivity index (χ0n) is 9.81. The van der Waals surface area contributed by atoms with E-state index in [4.69, 9.17) is 9.57 Å². The first-order valence-electron chi connectivity index (χ1n) is 4.53. The first-order chi connectivity index (χ1) is 6.95. The quantitative estimate of drug-likeness (QED) is 0.475. The van der Waals surface area contributed by atoms with E-state index >= 15 is 0 Å². The molecule has 0 aliphatic heterocycles. The minimum atomic E-state index is -0.604. The van der Waals surface area contributed by atoms with Crippen LogP contribution in [0.25, 0.3) is 0 Å². The Morgan fingerprint density at radius 1 is 1.33 bits per heavy atom. The summed E-state index contributed by atoms with van der Waals surface area (Å²) in [5, 5.41) is 1.08. The van der Waals surface area contributed by atoms with Gasteiger partial charge in [0.1, 0.15) is 12.8 Å². The lowest BCUT2D eigenvalue weighted by atomic mass is 10.2. The molecule has 0 fully saturated rings. The van der Waals surface area contributed by atoms with Crippen LogP contribution in [-0.4, -0.2) is 55.8 Å². The molecule has 0 aromatic carbocycles. The Hall–Kier alpha value is -1.14. The normalized spacial score (nSPS) is 12.1. The fourth-order valence-corrected chi connectivity index (χ4v) is 1.10. The Morgan fingerprint density at radius 3 is 2.20 bits per heavy atom. The topological polar surface area (TPSA) is 59.1 Å². The van der Waals surface area contributed by atoms with E-state index < -0.39 is 6.04 Å². The molecule has 0 N–H and O–H groups in total. The van der Waals surface area contributed by atoms with Gasteiger partial charge >= 0.3 is 0 Å². The molecule has 0 radical (unpaired) electrons. The molecule has 1 atom stereocenters. The molecular formula is C9H18N2O4. The molecule has 0 spiro atoms. The van der Waals surface area contributed by atoms with Gasteiger partial charge in [-0.1, -0.05) is 0 Å². The van der Waals surface area contributed by atoms with Crippen LogP contribution in [0.2, 0.25) is 0 Å². The van der Waals surface area contributed by atoms with E-state index in [1.165, 1.54) is 33.1 Å². The van der Waals surface area contributed by atoms with Crippen molar-refractivity contribution < 1.29 is 19.2 Å². The highest BCUT2D eigenvalue weighted by Crippen LogP contribution is 2.03. The molecule has 0 bridgehead atoms. The second-order valence-corrected chi connectivity index (χ2v) is 3.10. The lowest BCUT2D eigenvalue weighted by Crippen LogP contribution is -2.48. The highest BCUT2D eigenvalue weighted by Gasteiger charge is 2.26. The number of likely N-dealkylation sites (N-methyl/N-ethyl adjacent to an activating group) is 1. The van der Waals surface area contributed by atoms with E-state index in [-0.39, 0.29) is 18.5 Å². The number of hydrogen-bond acceptors (Lipinski definition) is 4. The molecule has 15 heavy (non-hydrogen) atoms. The molecule has 0 aliphatic carbocycles. The Kier molecular flexibility index (Phi) is 5.88. The zero-order chi connectivity index (χ0) is 12.0. The summed E-state index contributed by atoms with van der Waals surface area (Å²) >= 11 is 0. The molecule has 0 heterocycles. The number of methoxy groups -OCH3 is 1. The standard InChI is InChI=1S/C9H18N2O4/c1-7(9(13)10(3)15-5)11(6-14-4)8(2)12/h7H,6H2,1-5H3. The van der Waals surface area contributed by atoms with Crippen molar-refractivity contribution in [2.75, 3.05) is 28.0 Å². The number of ether oxygens (including phenoxy) is 1. The van der Waals surface area contributed by atoms with Crippen LogP contribution in [0.15, 0.2) is 0 Å². The molecule has 0 rings (SSSR count). The SMILES string of the molecule is COCN(C(C)=O)C(C)C(=O)N(C)OC. The van der Waals surface area contributed by atoms with Crippen LogP contribution in [0.3, 0.4) is 0 Å². The van der Waals surface area contributed by atoms with Crippen LogP contribution in [0.5, 0.6) is 0 Å². The predicted octanol–water partition coefficient (Wildman–Crippen LogP) is -0.153. The van der Waals surface area contributed by atoms with Gasteiger partial charge in [-0.15, -0.1) is 0 Å². The lowest BCUT2D eigenvalue weighted by Gasteiger charge is -2.28. The highest BCUT2D eigenvalue weighted by atomic mass is 16.7. The van der Waals surface area contributed by atoms with Crippen molar-refractivity contribution in [3.05, 3.63) is 0 Å². The average molecular weight is 218 g/mol. The second-order valence-electron chi connectivity index (χ2n) is 3.10. The van der Waals surface area contributed by atoms with Gasteiger partial charge in [0.2, 0.25) is 5.91 Å². The van der Waals surface area contributed by atoms with Gasteiger partial charge in [-0.25, -0.2) is 5.06 Å². The third kappa shape index (κ3) is 3.85. The lowest BCUT2D eigenvalue weighted by molar-refractivity contribution is -0.177. The van der Waals surface area contributed by atoms with Gasteiger partial charge in [-0.05, 0) is 6.92 Å². The van der Waals surface area contributed by atoms with Crippen molar-refractivity contribution in [2.24, 2.45) is 0 Å². The number of carbonyl (C=O) groups is 2. The first kappa shape index (κ1) is 13.9. The van der Waals surface area contributed by atoms with Crippen molar-refractivity contribution in [2.45, 2.75) is 19.9 Å². The fourth-order valence-electron chi connectivity index (χ4n) is 1.10. The van der Waals surface area contributed by atoms with Crippen molar-refractivity contribution in [3.63, 3.8) is 0 Å². The predicted molar refractivity (Wildman–Crippen MR) is 53.6 cm³/mol. The van der Waals surface area contributed by atoms with Gasteiger partial charge in [0.05, 0.1) is 7.11 Å². The van der Waals surface area contributed by atoms with Crippen LogP contribution in [-0.2, 0) is 19.2 Å². The molecule has 0 saturated heterocycles. The molecule has 2 amide bonds. The maximum Gasteiger partial charge on any atom is 0.268 e. The Balaban J connectivity index is 4.55. The number of hydroxylamine groups is 2. The summed E-state index contributed by atoms with van der Waals surface area (Å²) in [5.41, 5.74) is 0. The molecule has 0 aromatic heterocycles. The van der Waals surface area contributed by atoms with Crippen molar-refractivity contribution >= 4 is 11.8 Å². The zero-order valence-corrected chi connectivity index (χ0v) is 9.81. The molecule has 0 aromatic rings. The summed E-state index contributed by atoms with van der Waals surface area (Å²) in [6, 6.07) is -0.604. The van der Waals surface area contributed by atoms with E-state index in [0.717, 1.165) is 5.06 Å². The summed E-state index contributed by atoms with van der Waals surface area (Å²) in [4.78, 5) is 28.9. The average Bonchev–Trinajstić information content (AvgIpc) is 2.22. The van der Waals surface area contributed by atoms with Crippen LogP contribution >= 0.6 is 0 Å². The van der Waals surface area contributed by atoms with Crippen molar-refractivity contribution in [1.82, 2.24) is 9.96 Å². The maximum atomic E-state index is 11.6. The number of hydrogen-bond donors (Lipinski definition) is 0. The van der Waals surface area contributed by atoms with Gasteiger partial charge in [0.15, 0.2) is 0 Å². The van der Waals surface area contributed by atoms with Gasteiger partial charge < -0.3 is 9.64 Å². The van der Waals surface area contributed by atoms with Gasteiger partial charge in [-0.3, -0.25) is 14.4 Å². The number of nitrogens with zero attached hydrogens (tertiary/aromatic N) is 2. The summed E-state index contributed by atoms with van der Waals surface area (Å²) in [6.45, 7) is 3.09. The minimum absolute atomic E-state index is 0.0831. The minimum Gasteiger partial charge on any atom is -0.364 e. The van der Waals surface area contributed by atoms with E-state index in [0.29, 0.717) is 0 Å². The smallest absolute Gasteiger partial charge is 0.268 e. The van der Waals surface area contributed by atoms with E-state index in [2.05, 4.69) is 0 Å². The van der Waals surface area contributed by atoms with E-state index in [9.17, 15) is 9.59 Å². The molecule has 6 heteroatoms. The van der Waals surface area contributed by atoms with E-state index in [1.54, 1.807) is 6.92 Å². The fraction of sp³-hybridized carbons (Fsp3) is 0.778. The van der Waals surface area contributed by atoms with Gasteiger partial charge in [-0.2, -0.15) is 0 Å². The third-order valence-corrected chi connectivity index (χ3v) is 2.08. The Bertz CT molecular complexity index is 232. The maximum absolute atomic E-state index is 11.6. The molecule has 1 unspecified atom stereocenters. The van der Waals surface area contributed by atoms with Crippen molar-refractivity contribution in [3.8, 4) is 0 Å². The summed E-state index contributed by atoms with van der Waals surface area (Å²) in [7, 11) is 4.34. The molecule has 6 nitrogen and oxygen atoms in total. The summed E-state index contributed by atoms with van der Waals surface area (Å²) < 4.78 is 4.84. The Morgan fingerprint density at radius 2 is 1.87 bits per heavy atom. The first-order valence-corrected chi connectivity index (χ1v) is 4.53. The Labute approximate surface area is 89.7 Å². The molecule has 0 saturated carbocycles. The van der Waals surface area contributed by atoms with Crippen LogP contribution < -0.4 is 0 Å². The molecular weight excluding hydrogens is 200 g/mol. The number of amides is 2. The van der Waals surface area contributed by atoms with Crippen LogP contribution in [0.1, 0.15) is 13.8 Å². The summed E-state index contributed by atoms with van der Waals surface area (Å²) in [5.74, 6) is -0.521. The largest absolute Gasteiger partial charge is 0.364 e. The molecule has 0 aliphatic rings.